The van der Waals surface area contributed by atoms with Gasteiger partial charge < -0.3 is 14.4 Å². The van der Waals surface area contributed by atoms with E-state index in [2.05, 4.69) is 0 Å². The van der Waals surface area contributed by atoms with E-state index in [4.69, 9.17) is 9.47 Å². The van der Waals surface area contributed by atoms with Crippen molar-refractivity contribution >= 4 is 23.5 Å². The first kappa shape index (κ1) is 16.2. The number of hydrogen-bond acceptors (Lipinski definition) is 5. The number of carbonyl (C=O) groups excluding carboxylic acids is 2. The molecule has 0 unspecified atom stereocenters. The number of thioether (sulfide) groups is 1. The highest BCUT2D eigenvalue weighted by Gasteiger charge is 2.28. The van der Waals surface area contributed by atoms with E-state index in [1.165, 1.54) is 11.8 Å². The Balaban J connectivity index is 1.62. The molecule has 124 valence electrons. The van der Waals surface area contributed by atoms with Crippen LogP contribution in [0.3, 0.4) is 0 Å². The van der Waals surface area contributed by atoms with E-state index in [0.717, 1.165) is 12.8 Å². The van der Waals surface area contributed by atoms with Gasteiger partial charge in [0, 0.05) is 24.6 Å². The smallest absolute Gasteiger partial charge is 0.232 e. The van der Waals surface area contributed by atoms with E-state index in [1.807, 2.05) is 11.2 Å². The van der Waals surface area contributed by atoms with Crippen LogP contribution >= 0.6 is 11.8 Å². The molecule has 0 N–H and O–H groups in total. The first-order chi connectivity index (χ1) is 11.2. The van der Waals surface area contributed by atoms with Crippen molar-refractivity contribution in [1.29, 1.82) is 0 Å². The summed E-state index contributed by atoms with van der Waals surface area (Å²) < 4.78 is 11.0. The third-order valence-corrected chi connectivity index (χ3v) is 4.85. The lowest BCUT2D eigenvalue weighted by molar-refractivity contribution is -0.129. The second kappa shape index (κ2) is 7.25. The summed E-state index contributed by atoms with van der Waals surface area (Å²) in [4.78, 5) is 26.4. The van der Waals surface area contributed by atoms with Crippen LogP contribution in [-0.4, -0.2) is 54.9 Å². The molecule has 0 radical (unpaired) electrons. The molecule has 23 heavy (non-hydrogen) atoms. The number of carbonyl (C=O) groups is 2. The fraction of sp³-hybridized carbons (Fsp3) is 0.529. The summed E-state index contributed by atoms with van der Waals surface area (Å²) >= 11 is 1.54. The molecule has 0 aliphatic carbocycles. The molecule has 1 aromatic rings. The minimum absolute atomic E-state index is 0.0177. The average Bonchev–Trinajstić information content (AvgIpc) is 2.61. The zero-order valence-corrected chi connectivity index (χ0v) is 14.1. The highest BCUT2D eigenvalue weighted by Crippen LogP contribution is 2.32. The number of benzene rings is 1. The summed E-state index contributed by atoms with van der Waals surface area (Å²) in [5.74, 6) is 2.15. The average molecular weight is 335 g/mol. The van der Waals surface area contributed by atoms with Crippen LogP contribution in [0.5, 0.6) is 11.5 Å². The van der Waals surface area contributed by atoms with Gasteiger partial charge in [-0.15, -0.1) is 0 Å². The predicted octanol–water partition coefficient (Wildman–Crippen LogP) is 2.24. The Hall–Kier alpha value is -1.69. The third-order valence-electron chi connectivity index (χ3n) is 4.31. The predicted molar refractivity (Wildman–Crippen MR) is 89.4 cm³/mol. The Morgan fingerprint density at radius 2 is 1.87 bits per heavy atom. The first-order valence-corrected chi connectivity index (χ1v) is 9.29. The van der Waals surface area contributed by atoms with Gasteiger partial charge in [0.15, 0.2) is 17.3 Å². The number of rotatable bonds is 4. The SMILES string of the molecule is CSCC(=O)N1CCC(C(=O)c2ccc3c(c2)OCCO3)CC1. The largest absolute Gasteiger partial charge is 0.486 e. The maximum atomic E-state index is 12.7. The van der Waals surface area contributed by atoms with Gasteiger partial charge in [-0.3, -0.25) is 9.59 Å². The number of ketones is 1. The molecule has 1 amide bonds. The molecule has 5 nitrogen and oxygen atoms in total. The summed E-state index contributed by atoms with van der Waals surface area (Å²) in [5, 5.41) is 0. The van der Waals surface area contributed by atoms with E-state index >= 15 is 0 Å². The Morgan fingerprint density at radius 3 is 2.57 bits per heavy atom. The lowest BCUT2D eigenvalue weighted by atomic mass is 9.88. The van der Waals surface area contributed by atoms with Gasteiger partial charge in [-0.05, 0) is 37.3 Å². The molecule has 0 saturated carbocycles. The standard InChI is InChI=1S/C17H21NO4S/c1-23-11-16(19)18-6-4-12(5-7-18)17(20)13-2-3-14-15(10-13)22-9-8-21-14/h2-3,10,12H,4-9,11H2,1H3. The molecule has 0 bridgehead atoms. The van der Waals surface area contributed by atoms with Crippen LogP contribution in [0.4, 0.5) is 0 Å². The quantitative estimate of drug-likeness (QED) is 0.790. The minimum atomic E-state index is -0.0177. The van der Waals surface area contributed by atoms with Gasteiger partial charge in [0.2, 0.25) is 5.91 Å². The van der Waals surface area contributed by atoms with Crippen molar-refractivity contribution in [3.8, 4) is 11.5 Å². The second-order valence-electron chi connectivity index (χ2n) is 5.81. The molecular formula is C17H21NO4S. The normalized spacial score (nSPS) is 17.9. The number of likely N-dealkylation sites (tertiary alicyclic amines) is 1. The number of piperidine rings is 1. The molecule has 0 spiro atoms. The van der Waals surface area contributed by atoms with Gasteiger partial charge in [0.1, 0.15) is 13.2 Å². The summed E-state index contributed by atoms with van der Waals surface area (Å²) in [6.07, 6.45) is 3.39. The lowest BCUT2D eigenvalue weighted by Crippen LogP contribution is -2.41. The monoisotopic (exact) mass is 335 g/mol. The van der Waals surface area contributed by atoms with E-state index < -0.39 is 0 Å². The number of Topliss-reactive ketones (excluding diaryl/α,β-unsaturated/α-hetero) is 1. The first-order valence-electron chi connectivity index (χ1n) is 7.89. The van der Waals surface area contributed by atoms with Crippen molar-refractivity contribution in [3.05, 3.63) is 23.8 Å². The van der Waals surface area contributed by atoms with Crippen molar-refractivity contribution < 1.29 is 19.1 Å². The highest BCUT2D eigenvalue weighted by molar-refractivity contribution is 7.99. The van der Waals surface area contributed by atoms with Crippen LogP contribution in [-0.2, 0) is 4.79 Å². The molecule has 2 aliphatic heterocycles. The van der Waals surface area contributed by atoms with Gasteiger partial charge in [-0.25, -0.2) is 0 Å². The van der Waals surface area contributed by atoms with Crippen LogP contribution < -0.4 is 9.47 Å². The van der Waals surface area contributed by atoms with Gasteiger partial charge in [-0.2, -0.15) is 11.8 Å². The fourth-order valence-electron chi connectivity index (χ4n) is 3.04. The van der Waals surface area contributed by atoms with Crippen LogP contribution in [0.25, 0.3) is 0 Å². The summed E-state index contributed by atoms with van der Waals surface area (Å²) in [6.45, 7) is 2.39. The number of ether oxygens (including phenoxy) is 2. The number of fused-ring (bicyclic) bond motifs is 1. The molecular weight excluding hydrogens is 314 g/mol. The van der Waals surface area contributed by atoms with Crippen molar-refractivity contribution in [2.75, 3.05) is 38.3 Å². The Labute approximate surface area is 140 Å². The number of amides is 1. The fourth-order valence-corrected chi connectivity index (χ4v) is 3.47. The molecule has 6 heteroatoms. The van der Waals surface area contributed by atoms with E-state index in [-0.39, 0.29) is 17.6 Å². The number of hydrogen-bond donors (Lipinski definition) is 0. The zero-order chi connectivity index (χ0) is 16.2. The van der Waals surface area contributed by atoms with Crippen LogP contribution in [0.15, 0.2) is 18.2 Å². The molecule has 3 rings (SSSR count). The van der Waals surface area contributed by atoms with Crippen LogP contribution in [0.1, 0.15) is 23.2 Å². The Bertz CT molecular complexity index is 596. The van der Waals surface area contributed by atoms with Gasteiger partial charge >= 0.3 is 0 Å². The van der Waals surface area contributed by atoms with E-state index in [0.29, 0.717) is 49.1 Å². The lowest BCUT2D eigenvalue weighted by Gasteiger charge is -2.31. The van der Waals surface area contributed by atoms with E-state index in [9.17, 15) is 9.59 Å². The Morgan fingerprint density at radius 1 is 1.17 bits per heavy atom. The minimum Gasteiger partial charge on any atom is -0.486 e. The van der Waals surface area contributed by atoms with Crippen LogP contribution in [0.2, 0.25) is 0 Å². The Kier molecular flexibility index (Phi) is 5.10. The topological polar surface area (TPSA) is 55.8 Å². The molecule has 2 aliphatic rings. The maximum Gasteiger partial charge on any atom is 0.232 e. The van der Waals surface area contributed by atoms with Gasteiger partial charge in [0.05, 0.1) is 5.75 Å². The van der Waals surface area contributed by atoms with Crippen molar-refractivity contribution in [2.45, 2.75) is 12.8 Å². The molecule has 1 aromatic carbocycles. The summed E-state index contributed by atoms with van der Waals surface area (Å²) in [5.41, 5.74) is 0.670. The third kappa shape index (κ3) is 3.63. The highest BCUT2D eigenvalue weighted by atomic mass is 32.2. The molecule has 1 saturated heterocycles. The zero-order valence-electron chi connectivity index (χ0n) is 13.2. The molecule has 0 aromatic heterocycles. The van der Waals surface area contributed by atoms with Gasteiger partial charge in [0.25, 0.3) is 0 Å². The van der Waals surface area contributed by atoms with Crippen molar-refractivity contribution in [1.82, 2.24) is 4.90 Å². The van der Waals surface area contributed by atoms with Gasteiger partial charge in [-0.1, -0.05) is 0 Å². The molecule has 2 heterocycles. The second-order valence-corrected chi connectivity index (χ2v) is 6.68. The van der Waals surface area contributed by atoms with Crippen molar-refractivity contribution in [2.24, 2.45) is 5.92 Å². The maximum absolute atomic E-state index is 12.7. The van der Waals surface area contributed by atoms with E-state index in [1.54, 1.807) is 18.2 Å². The summed E-state index contributed by atoms with van der Waals surface area (Å²) in [7, 11) is 0. The van der Waals surface area contributed by atoms with Crippen molar-refractivity contribution in [3.63, 3.8) is 0 Å². The number of nitrogens with zero attached hydrogens (tertiary/aromatic N) is 1. The van der Waals surface area contributed by atoms with Crippen LogP contribution in [0, 0.1) is 5.92 Å². The molecule has 0 atom stereocenters. The summed E-state index contributed by atoms with van der Waals surface area (Å²) in [6, 6.07) is 5.39. The molecule has 1 fully saturated rings.